The molecule has 0 aromatic carbocycles. The van der Waals surface area contributed by atoms with Crippen LogP contribution in [0.3, 0.4) is 0 Å². The van der Waals surface area contributed by atoms with E-state index in [1.807, 2.05) is 12.4 Å². The third-order valence-corrected chi connectivity index (χ3v) is 3.38. The van der Waals surface area contributed by atoms with Gasteiger partial charge in [-0.3, -0.25) is 9.69 Å². The largest absolute Gasteiger partial charge is 0.300 e. The lowest BCUT2D eigenvalue weighted by Gasteiger charge is -2.40. The summed E-state index contributed by atoms with van der Waals surface area (Å²) < 4.78 is 0. The molecule has 1 aliphatic rings. The van der Waals surface area contributed by atoms with Gasteiger partial charge in [-0.1, -0.05) is 0 Å². The van der Waals surface area contributed by atoms with Gasteiger partial charge in [0.2, 0.25) is 0 Å². The number of rotatable bonds is 2. The summed E-state index contributed by atoms with van der Waals surface area (Å²) in [4.78, 5) is 21.7. The maximum Gasteiger partial charge on any atom is 0.135 e. The molecule has 0 amide bonds. The minimum absolute atomic E-state index is 0.0953. The number of ketones is 1. The van der Waals surface area contributed by atoms with Crippen LogP contribution in [0.15, 0.2) is 18.7 Å². The van der Waals surface area contributed by atoms with E-state index < -0.39 is 0 Å². The maximum atomic E-state index is 11.2. The molecule has 16 heavy (non-hydrogen) atoms. The highest BCUT2D eigenvalue weighted by atomic mass is 16.1. The number of piperidine rings is 1. The zero-order valence-corrected chi connectivity index (χ0v) is 9.81. The van der Waals surface area contributed by atoms with Crippen molar-refractivity contribution < 1.29 is 4.79 Å². The molecule has 4 heteroatoms. The summed E-state index contributed by atoms with van der Waals surface area (Å²) in [5, 5.41) is 0. The molecule has 4 nitrogen and oxygen atoms in total. The Hall–Kier alpha value is -1.29. The number of hydrogen-bond acceptors (Lipinski definition) is 4. The highest BCUT2D eigenvalue weighted by Crippen LogP contribution is 2.28. The number of carbonyl (C=O) groups is 1. The van der Waals surface area contributed by atoms with Gasteiger partial charge in [-0.15, -0.1) is 0 Å². The van der Waals surface area contributed by atoms with Crippen LogP contribution in [0.4, 0.5) is 0 Å². The summed E-state index contributed by atoms with van der Waals surface area (Å²) >= 11 is 0. The quantitative estimate of drug-likeness (QED) is 0.753. The molecule has 0 bridgehead atoms. The average molecular weight is 219 g/mol. The van der Waals surface area contributed by atoms with Crippen LogP contribution in [0.25, 0.3) is 0 Å². The Morgan fingerprint density at radius 1 is 1.19 bits per heavy atom. The van der Waals surface area contributed by atoms with Crippen LogP contribution in [-0.4, -0.2) is 33.7 Å². The van der Waals surface area contributed by atoms with Crippen LogP contribution < -0.4 is 0 Å². The van der Waals surface area contributed by atoms with Crippen LogP contribution in [0.2, 0.25) is 0 Å². The fourth-order valence-corrected chi connectivity index (χ4v) is 2.11. The zero-order valence-electron chi connectivity index (χ0n) is 9.81. The molecule has 0 atom stereocenters. The predicted molar refractivity (Wildman–Crippen MR) is 60.9 cm³/mol. The minimum Gasteiger partial charge on any atom is -0.300 e. The van der Waals surface area contributed by atoms with Gasteiger partial charge in [-0.05, 0) is 13.8 Å². The summed E-state index contributed by atoms with van der Waals surface area (Å²) in [5.41, 5.74) is 1.01. The third-order valence-electron chi connectivity index (χ3n) is 3.38. The Bertz CT molecular complexity index is 365. The van der Waals surface area contributed by atoms with E-state index >= 15 is 0 Å². The van der Waals surface area contributed by atoms with Crippen molar-refractivity contribution in [3.63, 3.8) is 0 Å². The first-order valence-corrected chi connectivity index (χ1v) is 5.63. The molecule has 0 radical (unpaired) electrons. The van der Waals surface area contributed by atoms with Crippen molar-refractivity contribution >= 4 is 5.78 Å². The highest BCUT2D eigenvalue weighted by molar-refractivity contribution is 5.79. The molecule has 2 heterocycles. The van der Waals surface area contributed by atoms with E-state index in [4.69, 9.17) is 0 Å². The Balaban J connectivity index is 2.16. The van der Waals surface area contributed by atoms with Gasteiger partial charge in [-0.25, -0.2) is 9.97 Å². The average Bonchev–Trinajstić information content (AvgIpc) is 2.31. The molecule has 1 fully saturated rings. The molecule has 0 saturated carbocycles. The summed E-state index contributed by atoms with van der Waals surface area (Å²) in [6, 6.07) is 0. The summed E-state index contributed by atoms with van der Waals surface area (Å²) in [6.45, 7) is 5.98. The smallest absolute Gasteiger partial charge is 0.135 e. The van der Waals surface area contributed by atoms with Gasteiger partial charge in [0.15, 0.2) is 0 Å². The molecule has 0 spiro atoms. The maximum absolute atomic E-state index is 11.2. The number of aromatic nitrogens is 2. The van der Waals surface area contributed by atoms with E-state index in [0.717, 1.165) is 18.7 Å². The lowest BCUT2D eigenvalue weighted by atomic mass is 9.92. The Morgan fingerprint density at radius 2 is 1.75 bits per heavy atom. The molecule has 2 rings (SSSR count). The van der Waals surface area contributed by atoms with Crippen molar-refractivity contribution in [2.45, 2.75) is 32.2 Å². The number of hydrogen-bond donors (Lipinski definition) is 0. The van der Waals surface area contributed by atoms with Crippen molar-refractivity contribution in [1.82, 2.24) is 14.9 Å². The molecule has 0 N–H and O–H groups in total. The van der Waals surface area contributed by atoms with Gasteiger partial charge >= 0.3 is 0 Å². The van der Waals surface area contributed by atoms with E-state index in [0.29, 0.717) is 18.6 Å². The second-order valence-corrected chi connectivity index (χ2v) is 4.71. The monoisotopic (exact) mass is 219 g/mol. The Kier molecular flexibility index (Phi) is 3.01. The van der Waals surface area contributed by atoms with E-state index in [1.54, 1.807) is 6.33 Å². The lowest BCUT2D eigenvalue weighted by molar-refractivity contribution is -0.122. The first-order chi connectivity index (χ1) is 7.60. The van der Waals surface area contributed by atoms with Crippen molar-refractivity contribution in [2.75, 3.05) is 13.1 Å². The molecule has 86 valence electrons. The number of likely N-dealkylation sites (tertiary alicyclic amines) is 1. The van der Waals surface area contributed by atoms with E-state index in [9.17, 15) is 4.79 Å². The SMILES string of the molecule is CC(C)(c1cncnc1)N1CCC(=O)CC1. The highest BCUT2D eigenvalue weighted by Gasteiger charge is 2.31. The Labute approximate surface area is 95.7 Å². The van der Waals surface area contributed by atoms with Gasteiger partial charge in [0, 0.05) is 49.4 Å². The van der Waals surface area contributed by atoms with Crippen molar-refractivity contribution in [2.24, 2.45) is 0 Å². The first kappa shape index (κ1) is 11.2. The molecule has 0 aliphatic carbocycles. The van der Waals surface area contributed by atoms with Gasteiger partial charge < -0.3 is 0 Å². The predicted octanol–water partition coefficient (Wildman–Crippen LogP) is 1.38. The molecular formula is C12H17N3O. The van der Waals surface area contributed by atoms with Crippen molar-refractivity contribution in [3.05, 3.63) is 24.3 Å². The fourth-order valence-electron chi connectivity index (χ4n) is 2.11. The second kappa shape index (κ2) is 4.29. The molecule has 1 aromatic heterocycles. The third kappa shape index (κ3) is 2.11. The molecule has 1 aliphatic heterocycles. The standard InChI is InChI=1S/C12H17N3O/c1-12(2,10-7-13-9-14-8-10)15-5-3-11(16)4-6-15/h7-9H,3-6H2,1-2H3. The van der Waals surface area contributed by atoms with E-state index in [2.05, 4.69) is 28.7 Å². The topological polar surface area (TPSA) is 46.1 Å². The van der Waals surface area contributed by atoms with E-state index in [-0.39, 0.29) is 5.54 Å². The van der Waals surface area contributed by atoms with Crippen LogP contribution in [0.1, 0.15) is 32.3 Å². The summed E-state index contributed by atoms with van der Waals surface area (Å²) in [7, 11) is 0. The second-order valence-electron chi connectivity index (χ2n) is 4.71. The zero-order chi connectivity index (χ0) is 11.6. The molecular weight excluding hydrogens is 202 g/mol. The molecule has 1 aromatic rings. The fraction of sp³-hybridized carbons (Fsp3) is 0.583. The van der Waals surface area contributed by atoms with Crippen LogP contribution in [0.5, 0.6) is 0 Å². The van der Waals surface area contributed by atoms with Gasteiger partial charge in [0.05, 0.1) is 0 Å². The number of nitrogens with zero attached hydrogens (tertiary/aromatic N) is 3. The van der Waals surface area contributed by atoms with Crippen LogP contribution in [0, 0.1) is 0 Å². The molecule has 1 saturated heterocycles. The Morgan fingerprint density at radius 3 is 2.31 bits per heavy atom. The van der Waals surface area contributed by atoms with Crippen LogP contribution >= 0.6 is 0 Å². The van der Waals surface area contributed by atoms with Gasteiger partial charge in [-0.2, -0.15) is 0 Å². The summed E-state index contributed by atoms with van der Waals surface area (Å²) in [5.74, 6) is 0.372. The van der Waals surface area contributed by atoms with Gasteiger partial charge in [0.1, 0.15) is 12.1 Å². The van der Waals surface area contributed by atoms with E-state index in [1.165, 1.54) is 0 Å². The normalized spacial score (nSPS) is 18.8. The number of carbonyl (C=O) groups excluding carboxylic acids is 1. The van der Waals surface area contributed by atoms with Crippen LogP contribution in [-0.2, 0) is 10.3 Å². The molecule has 0 unspecified atom stereocenters. The summed E-state index contributed by atoms with van der Waals surface area (Å²) in [6.07, 6.45) is 6.57. The van der Waals surface area contributed by atoms with Gasteiger partial charge in [0.25, 0.3) is 0 Å². The first-order valence-electron chi connectivity index (χ1n) is 5.63. The van der Waals surface area contributed by atoms with Crippen molar-refractivity contribution in [3.8, 4) is 0 Å². The number of Topliss-reactive ketones (excluding diaryl/α,β-unsaturated/α-hetero) is 1. The lowest BCUT2D eigenvalue weighted by Crippen LogP contribution is -2.46. The minimum atomic E-state index is -0.0953. The van der Waals surface area contributed by atoms with Crippen molar-refractivity contribution in [1.29, 1.82) is 0 Å².